The molecule has 1 aliphatic heterocycles. The number of thioether (sulfide) groups is 1. The van der Waals surface area contributed by atoms with Crippen LogP contribution in [0.25, 0.3) is 17.2 Å². The number of phosphoric acid groups is 3. The molecule has 0 radical (unpaired) electrons. The van der Waals surface area contributed by atoms with Gasteiger partial charge >= 0.3 is 23.5 Å². The first kappa shape index (κ1) is 49.8. The van der Waals surface area contributed by atoms with Gasteiger partial charge in [-0.15, -0.1) is 0 Å². The number of hydrogen-bond donors (Lipinski definition) is 10. The van der Waals surface area contributed by atoms with Crippen molar-refractivity contribution in [1.29, 1.82) is 0 Å². The zero-order chi connectivity index (χ0) is 45.3. The van der Waals surface area contributed by atoms with E-state index in [1.54, 1.807) is 12.1 Å². The predicted octanol–water partition coefficient (Wildman–Crippen LogP) is 0.0923. The van der Waals surface area contributed by atoms with Gasteiger partial charge in [0.2, 0.25) is 16.9 Å². The summed E-state index contributed by atoms with van der Waals surface area (Å²) in [5, 5.41) is 35.7. The fourth-order valence-electron chi connectivity index (χ4n) is 5.29. The third-order valence-electron chi connectivity index (χ3n) is 8.36. The second kappa shape index (κ2) is 21.0. The molecular weight excluding hydrogens is 899 g/mol. The lowest BCUT2D eigenvalue weighted by molar-refractivity contribution is -0.137. The van der Waals surface area contributed by atoms with Gasteiger partial charge in [-0.3, -0.25) is 32.5 Å². The predicted molar refractivity (Wildman–Crippen MR) is 211 cm³/mol. The van der Waals surface area contributed by atoms with Crippen LogP contribution in [-0.4, -0.2) is 135 Å². The van der Waals surface area contributed by atoms with E-state index in [4.69, 9.17) is 24.3 Å². The van der Waals surface area contributed by atoms with Gasteiger partial charge in [0.25, 0.3) is 0 Å². The number of nitrogens with two attached hydrogens (primary N) is 1. The molecule has 1 aliphatic rings. The summed E-state index contributed by atoms with van der Waals surface area (Å²) >= 11 is 0.935. The van der Waals surface area contributed by atoms with Crippen LogP contribution in [0.4, 0.5) is 5.82 Å². The molecule has 1 fully saturated rings. The molecule has 2 aromatic heterocycles. The Morgan fingerprint density at radius 2 is 1.77 bits per heavy atom. The Morgan fingerprint density at radius 1 is 1.07 bits per heavy atom. The number of fused-ring (bicyclic) bond motifs is 1. The highest BCUT2D eigenvalue weighted by Gasteiger charge is 2.50. The molecule has 0 bridgehead atoms. The summed E-state index contributed by atoms with van der Waals surface area (Å²) in [6.45, 7) is 0.299. The fraction of sp³-hybridized carbons (Fsp3) is 0.484. The lowest BCUT2D eigenvalue weighted by Crippen LogP contribution is -2.46. The quantitative estimate of drug-likeness (QED) is 0.0362. The molecule has 0 aliphatic carbocycles. The third kappa shape index (κ3) is 14.6. The van der Waals surface area contributed by atoms with Crippen molar-refractivity contribution in [3.8, 4) is 11.5 Å². The van der Waals surface area contributed by atoms with Gasteiger partial charge < -0.3 is 60.7 Å². The Balaban J connectivity index is 1.20. The van der Waals surface area contributed by atoms with E-state index in [-0.39, 0.29) is 58.9 Å². The Kier molecular flexibility index (Phi) is 17.1. The minimum absolute atomic E-state index is 0.0223. The van der Waals surface area contributed by atoms with E-state index in [2.05, 4.69) is 34.4 Å². The van der Waals surface area contributed by atoms with E-state index in [0.717, 1.165) is 29.0 Å². The van der Waals surface area contributed by atoms with Crippen molar-refractivity contribution < 1.29 is 90.3 Å². The van der Waals surface area contributed by atoms with E-state index in [0.29, 0.717) is 5.56 Å². The van der Waals surface area contributed by atoms with Crippen LogP contribution in [0.15, 0.2) is 36.9 Å². The van der Waals surface area contributed by atoms with Crippen molar-refractivity contribution in [2.75, 3.05) is 44.9 Å². The van der Waals surface area contributed by atoms with E-state index in [9.17, 15) is 63.0 Å². The number of anilines is 1. The number of phenols is 1. The smallest absolute Gasteiger partial charge is 0.481 e. The van der Waals surface area contributed by atoms with Crippen LogP contribution in [-0.2, 0) is 50.7 Å². The van der Waals surface area contributed by atoms with Gasteiger partial charge in [-0.25, -0.2) is 28.6 Å². The number of nitrogen functional groups attached to an aromatic ring is 1. The van der Waals surface area contributed by atoms with Crippen LogP contribution in [0.2, 0.25) is 0 Å². The topological polar surface area (TPSA) is 393 Å². The molecule has 1 aromatic carbocycles. The number of amides is 2. The number of nitrogens with zero attached hydrogens (tertiary/aromatic N) is 4. The first-order valence-electron chi connectivity index (χ1n) is 17.5. The molecule has 30 heteroatoms. The summed E-state index contributed by atoms with van der Waals surface area (Å²) in [6, 6.07) is 4.56. The molecule has 4 rings (SSSR count). The maximum absolute atomic E-state index is 12.7. The number of aliphatic hydroxyl groups is 2. The largest absolute Gasteiger partial charge is 0.504 e. The molecule has 26 nitrogen and oxygen atoms in total. The van der Waals surface area contributed by atoms with E-state index in [1.807, 2.05) is 0 Å². The molecule has 0 saturated carbocycles. The molecule has 61 heavy (non-hydrogen) atoms. The second-order valence-electron chi connectivity index (χ2n) is 13.5. The van der Waals surface area contributed by atoms with Gasteiger partial charge in [-0.2, -0.15) is 4.31 Å². The summed E-state index contributed by atoms with van der Waals surface area (Å²) in [7, 11) is -15.1. The van der Waals surface area contributed by atoms with Crippen molar-refractivity contribution in [3.05, 3.63) is 42.5 Å². The Bertz CT molecular complexity index is 2230. The lowest BCUT2D eigenvalue weighted by atomic mass is 9.87. The fourth-order valence-corrected chi connectivity index (χ4v) is 8.69. The number of methoxy groups -OCH3 is 1. The van der Waals surface area contributed by atoms with Crippen molar-refractivity contribution in [1.82, 2.24) is 30.2 Å². The average Bonchev–Trinajstić information content (AvgIpc) is 3.74. The SMILES string of the molecule is COc1cc(/C=C/C(=O)SCCNC(=O)CCNC(=O)[C@@H](O)C(C)(C)COP(=O)(O)OP(=O)(O)OC[C@H]2O[C@@H](n3cnc4c(N)ncnc43)[C@H](O)[C@@H]2OP(=O)(O)O)ccc1O. The number of aromatic hydroxyl groups is 1. The zero-order valence-corrected chi connectivity index (χ0v) is 35.8. The summed E-state index contributed by atoms with van der Waals surface area (Å²) in [6.07, 6.45) is -4.20. The molecule has 1 saturated heterocycles. The number of carbonyl (C=O) groups is 3. The van der Waals surface area contributed by atoms with Crippen molar-refractivity contribution in [2.45, 2.75) is 50.9 Å². The summed E-state index contributed by atoms with van der Waals surface area (Å²) < 4.78 is 67.2. The number of phenolic OH excluding ortho intramolecular Hbond substituents is 1. The van der Waals surface area contributed by atoms with Crippen molar-refractivity contribution in [3.63, 3.8) is 0 Å². The van der Waals surface area contributed by atoms with Crippen LogP contribution >= 0.6 is 35.2 Å². The normalized spacial score (nSPS) is 20.9. The number of rotatable bonds is 22. The molecule has 338 valence electrons. The van der Waals surface area contributed by atoms with Gasteiger partial charge in [0, 0.05) is 30.7 Å². The standard InChI is InChI=1S/C31H44N7O19P3S/c1-31(2,26(43)29(44)34-9-8-21(40)33-10-11-61-22(41)7-5-17-4-6-18(39)19(12-17)52-3)14-54-60(50,51)57-59(48,49)53-13-20-25(56-58(45,46)47)24(42)30(55-20)38-16-37-23-27(32)35-15-36-28(23)38/h4-7,12,15-16,20,24-26,30,39,42-43H,8-11,13-14H2,1-3H3,(H,33,40)(H,34,44)(H,48,49)(H,50,51)(H2,32,35,36)(H2,45,46,47)/b7-5+/t20-,24-,25-,26-,30-/m1/s1. The first-order chi connectivity index (χ1) is 28.4. The third-order valence-corrected chi connectivity index (χ3v) is 12.3. The number of aromatic nitrogens is 4. The van der Waals surface area contributed by atoms with Crippen LogP contribution < -0.4 is 21.1 Å². The number of ether oxygens (including phenoxy) is 2. The van der Waals surface area contributed by atoms with Crippen molar-refractivity contribution >= 4 is 75.2 Å². The molecule has 11 N–H and O–H groups in total. The van der Waals surface area contributed by atoms with Gasteiger partial charge in [0.05, 0.1) is 26.7 Å². The first-order valence-corrected chi connectivity index (χ1v) is 23.0. The van der Waals surface area contributed by atoms with Crippen LogP contribution in [0.5, 0.6) is 11.5 Å². The van der Waals surface area contributed by atoms with Gasteiger partial charge in [0.1, 0.15) is 36.3 Å². The van der Waals surface area contributed by atoms with E-state index in [1.165, 1.54) is 39.2 Å². The monoisotopic (exact) mass is 943 g/mol. The molecule has 3 heterocycles. The average molecular weight is 944 g/mol. The van der Waals surface area contributed by atoms with Crippen LogP contribution in [0.1, 0.15) is 32.1 Å². The Hall–Kier alpha value is -3.88. The second-order valence-corrected chi connectivity index (χ2v) is 18.8. The molecule has 2 unspecified atom stereocenters. The highest BCUT2D eigenvalue weighted by Crippen LogP contribution is 2.61. The summed E-state index contributed by atoms with van der Waals surface area (Å²) in [5.74, 6) is -1.12. The maximum atomic E-state index is 12.7. The van der Waals surface area contributed by atoms with Crippen molar-refractivity contribution in [2.24, 2.45) is 5.41 Å². The minimum atomic E-state index is -5.59. The zero-order valence-electron chi connectivity index (χ0n) is 32.3. The van der Waals surface area contributed by atoms with Crippen LogP contribution in [0, 0.1) is 5.41 Å². The van der Waals surface area contributed by atoms with Gasteiger partial charge in [-0.05, 0) is 23.8 Å². The maximum Gasteiger partial charge on any atom is 0.481 e. The van der Waals surface area contributed by atoms with E-state index >= 15 is 0 Å². The number of benzene rings is 1. The molecule has 0 spiro atoms. The molecule has 3 aromatic rings. The number of aliphatic hydroxyl groups excluding tert-OH is 2. The van der Waals surface area contributed by atoms with Gasteiger partial charge in [-0.1, -0.05) is 37.8 Å². The lowest BCUT2D eigenvalue weighted by Gasteiger charge is -2.30. The highest BCUT2D eigenvalue weighted by atomic mass is 32.2. The van der Waals surface area contributed by atoms with E-state index < -0.39 is 84.6 Å². The number of hydrogen-bond acceptors (Lipinski definition) is 20. The number of carbonyl (C=O) groups excluding carboxylic acids is 3. The van der Waals surface area contributed by atoms with Gasteiger partial charge in [0.15, 0.2) is 29.2 Å². The Morgan fingerprint density at radius 3 is 2.46 bits per heavy atom. The minimum Gasteiger partial charge on any atom is -0.504 e. The van der Waals surface area contributed by atoms with Crippen LogP contribution in [0.3, 0.4) is 0 Å². The number of phosphoric ester groups is 3. The summed E-state index contributed by atoms with van der Waals surface area (Å²) in [5.41, 5.74) is 4.84. The summed E-state index contributed by atoms with van der Waals surface area (Å²) in [4.78, 5) is 88.0. The molecule has 2 amide bonds. The highest BCUT2D eigenvalue weighted by molar-refractivity contribution is 8.14. The number of nitrogens with one attached hydrogen (secondary N) is 2. The number of imidazole rings is 1. The molecular formula is C31H44N7O19P3S. The Labute approximate surface area is 350 Å². The molecule has 7 atom stereocenters.